The molecule has 1 fully saturated rings. The molecule has 0 spiro atoms. The van der Waals surface area contributed by atoms with E-state index in [-0.39, 0.29) is 38.2 Å². The van der Waals surface area contributed by atoms with Crippen LogP contribution in [0.25, 0.3) is 0 Å². The van der Waals surface area contributed by atoms with Gasteiger partial charge in [-0.2, -0.15) is 11.8 Å². The van der Waals surface area contributed by atoms with E-state index in [0.717, 1.165) is 4.90 Å². The number of nitrogens with one attached hydrogen (secondary N) is 2. The molecule has 0 saturated carbocycles. The molecule has 0 aromatic rings. The number of aliphatic imine (C=N–C) groups is 1. The first-order chi connectivity index (χ1) is 17.0. The fraction of sp³-hybridized carbons (Fsp3) is 0.714. The highest BCUT2D eigenvalue weighted by Gasteiger charge is 2.38. The molecule has 0 aromatic carbocycles. The van der Waals surface area contributed by atoms with Crippen LogP contribution in [0.1, 0.15) is 44.9 Å². The van der Waals surface area contributed by atoms with Gasteiger partial charge in [0.15, 0.2) is 5.96 Å². The van der Waals surface area contributed by atoms with E-state index in [9.17, 15) is 29.1 Å². The Hall–Kier alpha value is -3.07. The van der Waals surface area contributed by atoms with Crippen LogP contribution in [0.3, 0.4) is 0 Å². The molecule has 4 atom stereocenters. The van der Waals surface area contributed by atoms with Crippen molar-refractivity contribution in [2.45, 2.75) is 69.1 Å². The van der Waals surface area contributed by atoms with Crippen molar-refractivity contribution in [2.24, 2.45) is 22.2 Å². The second-order valence-corrected chi connectivity index (χ2v) is 9.41. The number of carboxylic acids is 2. The summed E-state index contributed by atoms with van der Waals surface area (Å²) in [5.74, 6) is -3.81. The second-order valence-electron chi connectivity index (χ2n) is 8.42. The third-order valence-electron chi connectivity index (χ3n) is 5.63. The van der Waals surface area contributed by atoms with Crippen LogP contribution in [0.15, 0.2) is 4.99 Å². The number of carbonyl (C=O) groups is 5. The fourth-order valence-electron chi connectivity index (χ4n) is 3.72. The zero-order valence-corrected chi connectivity index (χ0v) is 21.2. The molecule has 14 nitrogen and oxygen atoms in total. The van der Waals surface area contributed by atoms with E-state index >= 15 is 0 Å². The minimum atomic E-state index is -1.25. The molecule has 0 bridgehead atoms. The summed E-state index contributed by atoms with van der Waals surface area (Å²) in [6, 6.07) is -4.24. The summed E-state index contributed by atoms with van der Waals surface area (Å²) in [5, 5.41) is 23.6. The van der Waals surface area contributed by atoms with Gasteiger partial charge in [-0.25, -0.2) is 4.79 Å². The molecule has 1 saturated heterocycles. The fourth-order valence-corrected chi connectivity index (χ4v) is 4.19. The van der Waals surface area contributed by atoms with E-state index in [0.29, 0.717) is 25.1 Å². The van der Waals surface area contributed by atoms with Crippen LogP contribution in [-0.2, 0) is 24.0 Å². The average Bonchev–Trinajstić information content (AvgIpc) is 3.31. The Balaban J connectivity index is 2.91. The van der Waals surface area contributed by atoms with Crippen LogP contribution in [0.4, 0.5) is 0 Å². The molecule has 0 aromatic heterocycles. The van der Waals surface area contributed by atoms with Gasteiger partial charge < -0.3 is 42.9 Å². The highest BCUT2D eigenvalue weighted by atomic mass is 32.2. The third-order valence-corrected chi connectivity index (χ3v) is 6.27. The number of carboxylic acid groups (broad SMARTS) is 2. The van der Waals surface area contributed by atoms with Gasteiger partial charge in [-0.05, 0) is 50.5 Å². The van der Waals surface area contributed by atoms with E-state index in [1.54, 1.807) is 0 Å². The quantitative estimate of drug-likeness (QED) is 0.0654. The van der Waals surface area contributed by atoms with E-state index in [1.165, 1.54) is 11.8 Å². The molecule has 0 aliphatic carbocycles. The first kappa shape index (κ1) is 31.0. The predicted octanol–water partition coefficient (Wildman–Crippen LogP) is -1.97. The van der Waals surface area contributed by atoms with Gasteiger partial charge >= 0.3 is 11.9 Å². The molecule has 1 aliphatic heterocycles. The number of likely N-dealkylation sites (tertiary alicyclic amines) is 1. The van der Waals surface area contributed by atoms with Gasteiger partial charge in [0.25, 0.3) is 0 Å². The standard InChI is InChI=1S/C21H37N7O7S/c1-36-11-8-13(26-17(31)12(22)4-2-9-25-21(23)24)18(32)27-14(6-7-16(29)30)19(33)28-10-3-5-15(28)20(34)35/h12-15H,2-11,22H2,1H3,(H,26,31)(H,27,32)(H,29,30)(H,34,35)(H4,23,24,25). The summed E-state index contributed by atoms with van der Waals surface area (Å²) < 4.78 is 0. The minimum Gasteiger partial charge on any atom is -0.481 e. The Morgan fingerprint density at radius 3 is 2.31 bits per heavy atom. The molecule has 15 heteroatoms. The number of aliphatic carboxylic acids is 2. The summed E-state index contributed by atoms with van der Waals surface area (Å²) in [4.78, 5) is 66.3. The van der Waals surface area contributed by atoms with Crippen LogP contribution in [0.5, 0.6) is 0 Å². The van der Waals surface area contributed by atoms with Crippen LogP contribution < -0.4 is 27.8 Å². The van der Waals surface area contributed by atoms with Crippen molar-refractivity contribution in [1.29, 1.82) is 0 Å². The Kier molecular flexibility index (Phi) is 13.6. The Morgan fingerprint density at radius 1 is 1.06 bits per heavy atom. The van der Waals surface area contributed by atoms with Gasteiger partial charge in [-0.1, -0.05) is 0 Å². The molecule has 0 radical (unpaired) electrons. The van der Waals surface area contributed by atoms with Crippen molar-refractivity contribution in [3.63, 3.8) is 0 Å². The summed E-state index contributed by atoms with van der Waals surface area (Å²) in [5.41, 5.74) is 16.4. The first-order valence-electron chi connectivity index (χ1n) is 11.6. The molecular formula is C21H37N7O7S. The molecule has 4 unspecified atom stereocenters. The Bertz CT molecular complexity index is 822. The smallest absolute Gasteiger partial charge is 0.326 e. The lowest BCUT2D eigenvalue weighted by molar-refractivity contribution is -0.150. The van der Waals surface area contributed by atoms with Crippen molar-refractivity contribution < 1.29 is 34.2 Å². The lowest BCUT2D eigenvalue weighted by Gasteiger charge is -2.28. The number of thioether (sulfide) groups is 1. The highest BCUT2D eigenvalue weighted by Crippen LogP contribution is 2.20. The number of hydrogen-bond acceptors (Lipinski definition) is 8. The molecule has 1 aliphatic rings. The maximum atomic E-state index is 13.1. The summed E-state index contributed by atoms with van der Waals surface area (Å²) in [6.07, 6.45) is 2.89. The van der Waals surface area contributed by atoms with Gasteiger partial charge in [0, 0.05) is 19.5 Å². The SMILES string of the molecule is CSCCC(NC(=O)C(N)CCCN=C(N)N)C(=O)NC(CCC(=O)O)C(=O)N1CCCC1C(=O)O. The number of nitrogens with two attached hydrogens (primary N) is 3. The lowest BCUT2D eigenvalue weighted by Crippen LogP contribution is -2.57. The number of rotatable bonds is 16. The third kappa shape index (κ3) is 10.7. The summed E-state index contributed by atoms with van der Waals surface area (Å²) in [6.45, 7) is 0.484. The van der Waals surface area contributed by atoms with Crippen molar-refractivity contribution in [2.75, 3.05) is 25.1 Å². The monoisotopic (exact) mass is 531 g/mol. The van der Waals surface area contributed by atoms with E-state index in [1.807, 2.05) is 6.26 Å². The zero-order chi connectivity index (χ0) is 27.3. The largest absolute Gasteiger partial charge is 0.481 e. The van der Waals surface area contributed by atoms with Gasteiger partial charge in [0.05, 0.1) is 6.04 Å². The van der Waals surface area contributed by atoms with Crippen LogP contribution in [0.2, 0.25) is 0 Å². The number of hydrogen-bond donors (Lipinski definition) is 7. The maximum Gasteiger partial charge on any atom is 0.326 e. The molecular weight excluding hydrogens is 494 g/mol. The van der Waals surface area contributed by atoms with Crippen molar-refractivity contribution in [3.8, 4) is 0 Å². The second kappa shape index (κ2) is 15.8. The predicted molar refractivity (Wildman–Crippen MR) is 134 cm³/mol. The van der Waals surface area contributed by atoms with Gasteiger partial charge in [0.1, 0.15) is 18.1 Å². The summed E-state index contributed by atoms with van der Waals surface area (Å²) >= 11 is 1.45. The molecule has 36 heavy (non-hydrogen) atoms. The van der Waals surface area contributed by atoms with Crippen molar-refractivity contribution in [1.82, 2.24) is 15.5 Å². The van der Waals surface area contributed by atoms with E-state index < -0.39 is 60.2 Å². The maximum absolute atomic E-state index is 13.1. The molecule has 10 N–H and O–H groups in total. The average molecular weight is 532 g/mol. The Labute approximate surface area is 213 Å². The number of guanidine groups is 1. The van der Waals surface area contributed by atoms with Gasteiger partial charge in [-0.15, -0.1) is 0 Å². The van der Waals surface area contributed by atoms with Crippen molar-refractivity contribution in [3.05, 3.63) is 0 Å². The topological polar surface area (TPSA) is 244 Å². The minimum absolute atomic E-state index is 0.0718. The number of carbonyl (C=O) groups excluding carboxylic acids is 3. The molecule has 3 amide bonds. The lowest BCUT2D eigenvalue weighted by atomic mass is 10.1. The highest BCUT2D eigenvalue weighted by molar-refractivity contribution is 7.98. The van der Waals surface area contributed by atoms with Crippen LogP contribution in [0, 0.1) is 0 Å². The van der Waals surface area contributed by atoms with E-state index in [4.69, 9.17) is 22.3 Å². The summed E-state index contributed by atoms with van der Waals surface area (Å²) in [7, 11) is 0. The molecule has 204 valence electrons. The zero-order valence-electron chi connectivity index (χ0n) is 20.4. The Morgan fingerprint density at radius 2 is 1.72 bits per heavy atom. The van der Waals surface area contributed by atoms with Crippen LogP contribution >= 0.6 is 11.8 Å². The van der Waals surface area contributed by atoms with Gasteiger partial charge in [0.2, 0.25) is 17.7 Å². The van der Waals surface area contributed by atoms with Gasteiger partial charge in [-0.3, -0.25) is 24.2 Å². The number of nitrogens with zero attached hydrogens (tertiary/aromatic N) is 2. The van der Waals surface area contributed by atoms with Crippen LogP contribution in [-0.4, -0.2) is 100.0 Å². The number of amides is 3. The van der Waals surface area contributed by atoms with E-state index in [2.05, 4.69) is 15.6 Å². The van der Waals surface area contributed by atoms with Crippen molar-refractivity contribution >= 4 is 47.4 Å². The normalized spacial score (nSPS) is 17.5. The molecule has 1 heterocycles. The first-order valence-corrected chi connectivity index (χ1v) is 13.0. The molecule has 1 rings (SSSR count).